The van der Waals surface area contributed by atoms with Crippen LogP contribution in [0.2, 0.25) is 5.02 Å². The highest BCUT2D eigenvalue weighted by molar-refractivity contribution is 8.21. The summed E-state index contributed by atoms with van der Waals surface area (Å²) in [6.45, 7) is 0.858. The third kappa shape index (κ3) is 5.17. The third-order valence-electron chi connectivity index (χ3n) is 4.60. The average Bonchev–Trinajstić information content (AvgIpc) is 3.32. The number of hydrogen-bond donors (Lipinski definition) is 2. The lowest BCUT2D eigenvalue weighted by Gasteiger charge is -2.21. The lowest BCUT2D eigenvalue weighted by atomic mass is 10.2. The van der Waals surface area contributed by atoms with Crippen LogP contribution in [0.4, 0.5) is 0 Å². The van der Waals surface area contributed by atoms with E-state index in [2.05, 4.69) is 10.6 Å². The minimum absolute atomic E-state index is 0.0158. The number of benzene rings is 1. The van der Waals surface area contributed by atoms with Crippen molar-refractivity contribution in [2.24, 2.45) is 7.05 Å². The molecule has 1 fully saturated rings. The number of ether oxygens (including phenoxy) is 1. The molecule has 1 saturated heterocycles. The molecule has 2 amide bonds. The normalized spacial score (nSPS) is 15.7. The summed E-state index contributed by atoms with van der Waals surface area (Å²) in [6.07, 6.45) is 0.634. The molecule has 6 nitrogen and oxygen atoms in total. The Morgan fingerprint density at radius 1 is 1.32 bits per heavy atom. The highest BCUT2D eigenvalue weighted by atomic mass is 35.5. The molecule has 0 radical (unpaired) electrons. The first-order valence-corrected chi connectivity index (χ1v) is 11.5. The molecule has 0 saturated carbocycles. The Morgan fingerprint density at radius 3 is 2.79 bits per heavy atom. The van der Waals surface area contributed by atoms with E-state index in [-0.39, 0.29) is 22.4 Å². The second-order valence-corrected chi connectivity index (χ2v) is 9.72. The van der Waals surface area contributed by atoms with Gasteiger partial charge in [-0.1, -0.05) is 11.6 Å². The van der Waals surface area contributed by atoms with Gasteiger partial charge in [0.1, 0.15) is 10.3 Å². The number of halogens is 1. The molecule has 152 valence electrons. The maximum absolute atomic E-state index is 12.7. The molecule has 1 aliphatic heterocycles. The predicted molar refractivity (Wildman–Crippen MR) is 117 cm³/mol. The van der Waals surface area contributed by atoms with Crippen molar-refractivity contribution in [2.45, 2.75) is 17.0 Å². The molecule has 0 bridgehead atoms. The van der Waals surface area contributed by atoms with E-state index in [1.807, 2.05) is 29.8 Å². The Labute approximate surface area is 178 Å². The summed E-state index contributed by atoms with van der Waals surface area (Å²) in [5, 5.41) is 7.54. The van der Waals surface area contributed by atoms with Gasteiger partial charge in [-0.2, -0.15) is 0 Å². The first-order chi connectivity index (χ1) is 13.5. The molecule has 0 spiro atoms. The minimum Gasteiger partial charge on any atom is -0.385 e. The van der Waals surface area contributed by atoms with E-state index >= 15 is 0 Å². The van der Waals surface area contributed by atoms with Crippen molar-refractivity contribution in [1.82, 2.24) is 15.2 Å². The maximum Gasteiger partial charge on any atom is 0.268 e. The SMILES string of the molecule is COCCC(CNC(=O)c1cc2cc(Cl)ccc2n1C)NC(=O)C1SCCS1. The molecule has 2 heterocycles. The molecule has 2 N–H and O–H groups in total. The van der Waals surface area contributed by atoms with Gasteiger partial charge in [-0.3, -0.25) is 9.59 Å². The van der Waals surface area contributed by atoms with E-state index in [1.165, 1.54) is 0 Å². The van der Waals surface area contributed by atoms with Gasteiger partial charge in [0, 0.05) is 60.8 Å². The number of aryl methyl sites for hydroxylation is 1. The van der Waals surface area contributed by atoms with Crippen LogP contribution in [0, 0.1) is 0 Å². The van der Waals surface area contributed by atoms with E-state index < -0.39 is 0 Å². The summed E-state index contributed by atoms with van der Waals surface area (Å²) in [4.78, 5) is 25.1. The topological polar surface area (TPSA) is 72.4 Å². The highest BCUT2D eigenvalue weighted by Gasteiger charge is 2.26. The number of rotatable bonds is 8. The van der Waals surface area contributed by atoms with Crippen LogP contribution in [-0.4, -0.2) is 58.8 Å². The van der Waals surface area contributed by atoms with Gasteiger partial charge in [0.15, 0.2) is 0 Å². The third-order valence-corrected chi connectivity index (χ3v) is 7.82. The molecule has 3 rings (SSSR count). The Hall–Kier alpha value is -1.35. The van der Waals surface area contributed by atoms with Crippen LogP contribution in [0.25, 0.3) is 10.9 Å². The molecule has 2 aromatic rings. The summed E-state index contributed by atoms with van der Waals surface area (Å²) in [5.41, 5.74) is 1.49. The highest BCUT2D eigenvalue weighted by Crippen LogP contribution is 2.31. The van der Waals surface area contributed by atoms with E-state index in [4.69, 9.17) is 16.3 Å². The summed E-state index contributed by atoms with van der Waals surface area (Å²) in [5.74, 6) is 1.82. The minimum atomic E-state index is -0.184. The molecule has 1 atom stereocenters. The van der Waals surface area contributed by atoms with Crippen molar-refractivity contribution in [2.75, 3.05) is 31.8 Å². The molecule has 9 heteroatoms. The quantitative estimate of drug-likeness (QED) is 0.659. The monoisotopic (exact) mass is 441 g/mol. The lowest BCUT2D eigenvalue weighted by Crippen LogP contribution is -2.46. The van der Waals surface area contributed by atoms with Gasteiger partial charge >= 0.3 is 0 Å². The van der Waals surface area contributed by atoms with Crippen molar-refractivity contribution in [3.8, 4) is 0 Å². The molecular formula is C19H24ClN3O3S2. The van der Waals surface area contributed by atoms with Crippen molar-refractivity contribution in [3.05, 3.63) is 35.0 Å². The molecule has 1 aromatic heterocycles. The van der Waals surface area contributed by atoms with Crippen LogP contribution in [0.5, 0.6) is 0 Å². The molecular weight excluding hydrogens is 418 g/mol. The zero-order chi connectivity index (χ0) is 20.1. The van der Waals surface area contributed by atoms with Crippen molar-refractivity contribution in [1.29, 1.82) is 0 Å². The summed E-state index contributed by atoms with van der Waals surface area (Å²) < 4.78 is 6.93. The lowest BCUT2D eigenvalue weighted by molar-refractivity contribution is -0.119. The number of fused-ring (bicyclic) bond motifs is 1. The molecule has 1 unspecified atom stereocenters. The van der Waals surface area contributed by atoms with Crippen molar-refractivity contribution in [3.63, 3.8) is 0 Å². The first-order valence-electron chi connectivity index (χ1n) is 9.05. The van der Waals surface area contributed by atoms with Gasteiger partial charge < -0.3 is 19.9 Å². The number of carbonyl (C=O) groups is 2. The molecule has 0 aliphatic carbocycles. The molecule has 28 heavy (non-hydrogen) atoms. The Morgan fingerprint density at radius 2 is 2.07 bits per heavy atom. The largest absolute Gasteiger partial charge is 0.385 e. The van der Waals surface area contributed by atoms with Gasteiger partial charge in [0.05, 0.1) is 0 Å². The van der Waals surface area contributed by atoms with Crippen LogP contribution in [0.3, 0.4) is 0 Å². The number of nitrogens with one attached hydrogen (secondary N) is 2. The number of thioether (sulfide) groups is 2. The van der Waals surface area contributed by atoms with E-state index in [0.717, 1.165) is 22.4 Å². The Balaban J connectivity index is 1.64. The van der Waals surface area contributed by atoms with Crippen molar-refractivity contribution >= 4 is 57.8 Å². The summed E-state index contributed by atoms with van der Waals surface area (Å²) in [7, 11) is 3.48. The fourth-order valence-electron chi connectivity index (χ4n) is 3.11. The smallest absolute Gasteiger partial charge is 0.268 e. The standard InChI is InChI=1S/C19H24ClN3O3S2/c1-23-15-4-3-13(20)9-12(15)10-16(23)17(24)21-11-14(5-6-26-2)22-18(25)19-27-7-8-28-19/h3-4,9-10,14,19H,5-8,11H2,1-2H3,(H,21,24)(H,22,25). The van der Waals surface area contributed by atoms with E-state index in [9.17, 15) is 9.59 Å². The maximum atomic E-state index is 12.7. The predicted octanol–water partition coefficient (Wildman–Crippen LogP) is 2.89. The van der Waals surface area contributed by atoms with Crippen LogP contribution in [0.1, 0.15) is 16.9 Å². The Bertz CT molecular complexity index is 852. The van der Waals surface area contributed by atoms with Gasteiger partial charge in [-0.25, -0.2) is 0 Å². The number of carbonyl (C=O) groups excluding carboxylic acids is 2. The second-order valence-electron chi connectivity index (χ2n) is 6.56. The molecule has 1 aliphatic rings. The van der Waals surface area contributed by atoms with E-state index in [1.54, 1.807) is 36.7 Å². The number of hydrogen-bond acceptors (Lipinski definition) is 5. The Kier molecular flexibility index (Phi) is 7.56. The zero-order valence-electron chi connectivity index (χ0n) is 15.9. The number of amides is 2. The van der Waals surface area contributed by atoms with Gasteiger partial charge in [0.25, 0.3) is 5.91 Å². The fraction of sp³-hybridized carbons (Fsp3) is 0.474. The van der Waals surface area contributed by atoms with Crippen LogP contribution >= 0.6 is 35.1 Å². The number of aromatic nitrogens is 1. The van der Waals surface area contributed by atoms with Crippen LogP contribution in [0.15, 0.2) is 24.3 Å². The van der Waals surface area contributed by atoms with E-state index in [0.29, 0.717) is 30.3 Å². The van der Waals surface area contributed by atoms with Crippen molar-refractivity contribution < 1.29 is 14.3 Å². The summed E-state index contributed by atoms with van der Waals surface area (Å²) >= 11 is 9.37. The number of methoxy groups -OCH3 is 1. The van der Waals surface area contributed by atoms with Gasteiger partial charge in [-0.15, -0.1) is 23.5 Å². The van der Waals surface area contributed by atoms with Gasteiger partial charge in [0.2, 0.25) is 5.91 Å². The average molecular weight is 442 g/mol. The fourth-order valence-corrected chi connectivity index (χ4v) is 5.89. The van der Waals surface area contributed by atoms with Crippen LogP contribution < -0.4 is 10.6 Å². The second kappa shape index (κ2) is 9.91. The summed E-state index contributed by atoms with van der Waals surface area (Å²) in [6, 6.07) is 7.19. The zero-order valence-corrected chi connectivity index (χ0v) is 18.3. The first kappa shape index (κ1) is 21.4. The number of nitrogens with zero attached hydrogens (tertiary/aromatic N) is 1. The van der Waals surface area contributed by atoms with Gasteiger partial charge in [-0.05, 0) is 30.7 Å². The molecule has 1 aromatic carbocycles. The van der Waals surface area contributed by atoms with Crippen LogP contribution in [-0.2, 0) is 16.6 Å².